The Kier molecular flexibility index (Phi) is 4.88. The Morgan fingerprint density at radius 3 is 2.70 bits per heavy atom. The van der Waals surface area contributed by atoms with E-state index in [1.165, 1.54) is 25.3 Å². The van der Waals surface area contributed by atoms with Crippen LogP contribution in [0.3, 0.4) is 0 Å². The Morgan fingerprint density at radius 2 is 2.05 bits per heavy atom. The first-order chi connectivity index (χ1) is 9.65. The number of ether oxygens (including phenoxy) is 2. The van der Waals surface area contributed by atoms with E-state index in [1.807, 2.05) is 0 Å². The second-order valence-electron chi connectivity index (χ2n) is 5.28. The molecule has 4 nitrogen and oxygen atoms in total. The Balaban J connectivity index is 2.21. The summed E-state index contributed by atoms with van der Waals surface area (Å²) in [6, 6.07) is 4.75. The molecule has 1 aromatic rings. The molecule has 1 fully saturated rings. The lowest BCUT2D eigenvalue weighted by Gasteiger charge is -2.31. The molecule has 2 rings (SSSR count). The molecule has 0 amide bonds. The summed E-state index contributed by atoms with van der Waals surface area (Å²) in [6.07, 6.45) is 5.88. The number of hydrogen-bond donors (Lipinski definition) is 1. The predicted octanol–water partition coefficient (Wildman–Crippen LogP) is 3.74. The van der Waals surface area contributed by atoms with Crippen molar-refractivity contribution in [1.29, 1.82) is 0 Å². The molecule has 0 saturated heterocycles. The fourth-order valence-electron chi connectivity index (χ4n) is 2.86. The van der Waals surface area contributed by atoms with Gasteiger partial charge in [0, 0.05) is 0 Å². The quantitative estimate of drug-likeness (QED) is 0.891. The van der Waals surface area contributed by atoms with E-state index >= 15 is 0 Å². The molecular weight excluding hydrogens is 256 g/mol. The predicted molar refractivity (Wildman–Crippen MR) is 76.6 cm³/mol. The lowest BCUT2D eigenvalue weighted by atomic mass is 9.85. The Morgan fingerprint density at radius 1 is 1.30 bits per heavy atom. The van der Waals surface area contributed by atoms with Gasteiger partial charge in [-0.05, 0) is 49.8 Å². The highest BCUT2D eigenvalue weighted by Gasteiger charge is 2.26. The van der Waals surface area contributed by atoms with Crippen molar-refractivity contribution in [2.75, 3.05) is 7.11 Å². The van der Waals surface area contributed by atoms with Crippen LogP contribution in [0.2, 0.25) is 0 Å². The zero-order chi connectivity index (χ0) is 14.5. The average Bonchev–Trinajstić information content (AvgIpc) is 2.47. The van der Waals surface area contributed by atoms with Gasteiger partial charge in [-0.3, -0.25) is 0 Å². The molecule has 1 aliphatic carbocycles. The zero-order valence-corrected chi connectivity index (χ0v) is 12.1. The van der Waals surface area contributed by atoms with Gasteiger partial charge in [-0.25, -0.2) is 4.79 Å². The largest absolute Gasteiger partial charge is 0.493 e. The van der Waals surface area contributed by atoms with Gasteiger partial charge in [0.15, 0.2) is 11.5 Å². The molecule has 0 radical (unpaired) electrons. The molecule has 1 aromatic carbocycles. The number of rotatable bonds is 5. The SMILES string of the molecule is CCC1CCCCC1Oc1cc(C(=O)O)ccc1OC. The van der Waals surface area contributed by atoms with Crippen molar-refractivity contribution in [1.82, 2.24) is 0 Å². The Hall–Kier alpha value is -1.71. The van der Waals surface area contributed by atoms with Gasteiger partial charge in [0.25, 0.3) is 0 Å². The summed E-state index contributed by atoms with van der Waals surface area (Å²) in [7, 11) is 1.57. The van der Waals surface area contributed by atoms with Crippen LogP contribution in [-0.4, -0.2) is 24.3 Å². The van der Waals surface area contributed by atoms with E-state index in [9.17, 15) is 4.79 Å². The standard InChI is InChI=1S/C16H22O4/c1-3-11-6-4-5-7-13(11)20-15-10-12(16(17)18)8-9-14(15)19-2/h8-11,13H,3-7H2,1-2H3,(H,17,18). The third-order valence-electron chi connectivity index (χ3n) is 4.05. The molecular formula is C16H22O4. The van der Waals surface area contributed by atoms with Crippen molar-refractivity contribution >= 4 is 5.97 Å². The minimum absolute atomic E-state index is 0.159. The number of aromatic carboxylic acids is 1. The lowest BCUT2D eigenvalue weighted by molar-refractivity contribution is 0.0692. The van der Waals surface area contributed by atoms with Gasteiger partial charge in [0.05, 0.1) is 12.7 Å². The molecule has 0 heterocycles. The summed E-state index contributed by atoms with van der Waals surface area (Å²) in [5, 5.41) is 9.08. The molecule has 1 aliphatic rings. The summed E-state index contributed by atoms with van der Waals surface area (Å²) in [6.45, 7) is 2.18. The molecule has 1 N–H and O–H groups in total. The van der Waals surface area contributed by atoms with Crippen molar-refractivity contribution in [2.24, 2.45) is 5.92 Å². The fraction of sp³-hybridized carbons (Fsp3) is 0.562. The monoisotopic (exact) mass is 278 g/mol. The maximum atomic E-state index is 11.1. The number of carbonyl (C=O) groups is 1. The van der Waals surface area contributed by atoms with E-state index in [4.69, 9.17) is 14.6 Å². The zero-order valence-electron chi connectivity index (χ0n) is 12.1. The maximum Gasteiger partial charge on any atom is 0.335 e. The number of hydrogen-bond acceptors (Lipinski definition) is 3. The first-order valence-electron chi connectivity index (χ1n) is 7.23. The van der Waals surface area contributed by atoms with E-state index in [0.29, 0.717) is 17.4 Å². The highest BCUT2D eigenvalue weighted by atomic mass is 16.5. The normalized spacial score (nSPS) is 22.3. The second kappa shape index (κ2) is 6.64. The first kappa shape index (κ1) is 14.7. The summed E-state index contributed by atoms with van der Waals surface area (Å²) in [5.41, 5.74) is 0.227. The molecule has 110 valence electrons. The molecule has 20 heavy (non-hydrogen) atoms. The fourth-order valence-corrected chi connectivity index (χ4v) is 2.86. The summed E-state index contributed by atoms with van der Waals surface area (Å²) >= 11 is 0. The van der Waals surface area contributed by atoms with Crippen molar-refractivity contribution in [3.8, 4) is 11.5 Å². The molecule has 0 aliphatic heterocycles. The van der Waals surface area contributed by atoms with E-state index in [1.54, 1.807) is 19.2 Å². The lowest BCUT2D eigenvalue weighted by Crippen LogP contribution is -2.30. The van der Waals surface area contributed by atoms with E-state index in [2.05, 4.69) is 6.92 Å². The molecule has 0 spiro atoms. The van der Waals surface area contributed by atoms with Crippen LogP contribution >= 0.6 is 0 Å². The summed E-state index contributed by atoms with van der Waals surface area (Å²) in [5.74, 6) is 0.725. The number of carboxylic acids is 1. The third kappa shape index (κ3) is 3.24. The average molecular weight is 278 g/mol. The van der Waals surface area contributed by atoms with Gasteiger partial charge in [-0.1, -0.05) is 13.3 Å². The van der Waals surface area contributed by atoms with Gasteiger partial charge in [0.1, 0.15) is 6.10 Å². The van der Waals surface area contributed by atoms with E-state index < -0.39 is 5.97 Å². The summed E-state index contributed by atoms with van der Waals surface area (Å²) in [4.78, 5) is 11.1. The minimum atomic E-state index is -0.951. The maximum absolute atomic E-state index is 11.1. The van der Waals surface area contributed by atoms with Crippen LogP contribution in [0.1, 0.15) is 49.4 Å². The van der Waals surface area contributed by atoms with Crippen LogP contribution in [0.25, 0.3) is 0 Å². The molecule has 1 saturated carbocycles. The van der Waals surface area contributed by atoms with Crippen LogP contribution in [0.5, 0.6) is 11.5 Å². The Bertz CT molecular complexity index is 470. The molecule has 0 aromatic heterocycles. The summed E-state index contributed by atoms with van der Waals surface area (Å²) < 4.78 is 11.4. The van der Waals surface area contributed by atoms with Crippen molar-refractivity contribution in [2.45, 2.75) is 45.1 Å². The van der Waals surface area contributed by atoms with Gasteiger partial charge >= 0.3 is 5.97 Å². The number of methoxy groups -OCH3 is 1. The van der Waals surface area contributed by atoms with Gasteiger partial charge < -0.3 is 14.6 Å². The molecule has 2 atom stereocenters. The highest BCUT2D eigenvalue weighted by molar-refractivity contribution is 5.88. The van der Waals surface area contributed by atoms with Crippen LogP contribution in [-0.2, 0) is 0 Å². The number of benzene rings is 1. The van der Waals surface area contributed by atoms with Gasteiger partial charge in [-0.15, -0.1) is 0 Å². The van der Waals surface area contributed by atoms with Crippen molar-refractivity contribution in [3.63, 3.8) is 0 Å². The van der Waals surface area contributed by atoms with Crippen molar-refractivity contribution in [3.05, 3.63) is 23.8 Å². The molecule has 4 heteroatoms. The van der Waals surface area contributed by atoms with Gasteiger partial charge in [0.2, 0.25) is 0 Å². The third-order valence-corrected chi connectivity index (χ3v) is 4.05. The van der Waals surface area contributed by atoms with Crippen LogP contribution in [0.4, 0.5) is 0 Å². The topological polar surface area (TPSA) is 55.8 Å². The smallest absolute Gasteiger partial charge is 0.335 e. The van der Waals surface area contributed by atoms with Crippen LogP contribution in [0, 0.1) is 5.92 Å². The van der Waals surface area contributed by atoms with Gasteiger partial charge in [-0.2, -0.15) is 0 Å². The molecule has 2 unspecified atom stereocenters. The van der Waals surface area contributed by atoms with E-state index in [0.717, 1.165) is 12.8 Å². The van der Waals surface area contributed by atoms with Crippen LogP contribution < -0.4 is 9.47 Å². The van der Waals surface area contributed by atoms with Crippen molar-refractivity contribution < 1.29 is 19.4 Å². The minimum Gasteiger partial charge on any atom is -0.493 e. The Labute approximate surface area is 119 Å². The molecule has 0 bridgehead atoms. The van der Waals surface area contributed by atoms with E-state index in [-0.39, 0.29) is 11.7 Å². The number of carboxylic acid groups (broad SMARTS) is 1. The van der Waals surface area contributed by atoms with Crippen LogP contribution in [0.15, 0.2) is 18.2 Å². The highest BCUT2D eigenvalue weighted by Crippen LogP contribution is 2.35. The first-order valence-corrected chi connectivity index (χ1v) is 7.23. The second-order valence-corrected chi connectivity index (χ2v) is 5.28.